The SMILES string of the molecule is COC(=O)C(C)NC(=O)Cc1ccc(F)c(F)c1. The number of benzene rings is 1. The van der Waals surface area contributed by atoms with Crippen molar-refractivity contribution in [2.75, 3.05) is 7.11 Å². The second kappa shape index (κ2) is 6.09. The quantitative estimate of drug-likeness (QED) is 0.824. The van der Waals surface area contributed by atoms with Crippen LogP contribution in [0.25, 0.3) is 0 Å². The Labute approximate surface area is 103 Å². The Morgan fingerprint density at radius 3 is 2.56 bits per heavy atom. The highest BCUT2D eigenvalue weighted by Gasteiger charge is 2.16. The molecule has 0 aliphatic heterocycles. The molecule has 0 saturated carbocycles. The highest BCUT2D eigenvalue weighted by Crippen LogP contribution is 2.09. The minimum Gasteiger partial charge on any atom is -0.467 e. The van der Waals surface area contributed by atoms with Crippen molar-refractivity contribution in [1.82, 2.24) is 5.32 Å². The summed E-state index contributed by atoms with van der Waals surface area (Å²) in [6, 6.07) is 2.41. The lowest BCUT2D eigenvalue weighted by atomic mass is 10.1. The molecule has 1 unspecified atom stereocenters. The van der Waals surface area contributed by atoms with Gasteiger partial charge in [0.25, 0.3) is 0 Å². The van der Waals surface area contributed by atoms with Gasteiger partial charge in [-0.15, -0.1) is 0 Å². The summed E-state index contributed by atoms with van der Waals surface area (Å²) in [6.45, 7) is 1.47. The number of carbonyl (C=O) groups excluding carboxylic acids is 2. The first-order chi connectivity index (χ1) is 8.43. The van der Waals surface area contributed by atoms with E-state index in [4.69, 9.17) is 0 Å². The van der Waals surface area contributed by atoms with Crippen molar-refractivity contribution in [2.45, 2.75) is 19.4 Å². The molecule has 1 aromatic carbocycles. The molecule has 4 nitrogen and oxygen atoms in total. The topological polar surface area (TPSA) is 55.4 Å². The summed E-state index contributed by atoms with van der Waals surface area (Å²) >= 11 is 0. The zero-order valence-corrected chi connectivity index (χ0v) is 10.00. The third kappa shape index (κ3) is 3.80. The average molecular weight is 257 g/mol. The molecule has 0 radical (unpaired) electrons. The zero-order valence-electron chi connectivity index (χ0n) is 10.00. The third-order valence-corrected chi connectivity index (χ3v) is 2.28. The van der Waals surface area contributed by atoms with Gasteiger partial charge in [0.05, 0.1) is 13.5 Å². The van der Waals surface area contributed by atoms with Crippen LogP contribution in [-0.4, -0.2) is 25.0 Å². The maximum Gasteiger partial charge on any atom is 0.328 e. The first kappa shape index (κ1) is 14.1. The van der Waals surface area contributed by atoms with E-state index in [0.29, 0.717) is 5.56 Å². The summed E-state index contributed by atoms with van der Waals surface area (Å²) in [7, 11) is 1.21. The van der Waals surface area contributed by atoms with Gasteiger partial charge in [0.1, 0.15) is 6.04 Å². The molecule has 0 bridgehead atoms. The van der Waals surface area contributed by atoms with E-state index in [2.05, 4.69) is 10.1 Å². The van der Waals surface area contributed by atoms with E-state index in [1.54, 1.807) is 0 Å². The van der Waals surface area contributed by atoms with E-state index in [9.17, 15) is 18.4 Å². The fourth-order valence-electron chi connectivity index (χ4n) is 1.36. The van der Waals surface area contributed by atoms with Gasteiger partial charge in [-0.05, 0) is 24.6 Å². The Morgan fingerprint density at radius 1 is 1.33 bits per heavy atom. The van der Waals surface area contributed by atoms with Crippen LogP contribution in [0.2, 0.25) is 0 Å². The molecule has 0 fully saturated rings. The second-order valence-corrected chi connectivity index (χ2v) is 3.74. The molecule has 0 heterocycles. The molecule has 0 aliphatic carbocycles. The first-order valence-corrected chi connectivity index (χ1v) is 5.25. The summed E-state index contributed by atoms with van der Waals surface area (Å²) < 4.78 is 30.0. The molecule has 0 aliphatic rings. The number of esters is 1. The van der Waals surface area contributed by atoms with Gasteiger partial charge in [0.15, 0.2) is 11.6 Å². The van der Waals surface area contributed by atoms with Crippen LogP contribution in [0.5, 0.6) is 0 Å². The van der Waals surface area contributed by atoms with E-state index in [1.807, 2.05) is 0 Å². The fourth-order valence-corrected chi connectivity index (χ4v) is 1.36. The molecule has 1 rings (SSSR count). The Hall–Kier alpha value is -1.98. The van der Waals surface area contributed by atoms with Crippen molar-refractivity contribution >= 4 is 11.9 Å². The Morgan fingerprint density at radius 2 is 2.00 bits per heavy atom. The molecule has 1 aromatic rings. The summed E-state index contributed by atoms with van der Waals surface area (Å²) in [5.74, 6) is -3.03. The molecule has 1 N–H and O–H groups in total. The van der Waals surface area contributed by atoms with Gasteiger partial charge in [-0.1, -0.05) is 6.07 Å². The predicted molar refractivity (Wildman–Crippen MR) is 59.7 cm³/mol. The number of nitrogens with one attached hydrogen (secondary N) is 1. The summed E-state index contributed by atoms with van der Waals surface area (Å²) in [5.41, 5.74) is 0.323. The minimum atomic E-state index is -1.01. The van der Waals surface area contributed by atoms with Crippen LogP contribution in [0.1, 0.15) is 12.5 Å². The van der Waals surface area contributed by atoms with Crippen molar-refractivity contribution in [1.29, 1.82) is 0 Å². The lowest BCUT2D eigenvalue weighted by Crippen LogP contribution is -2.39. The average Bonchev–Trinajstić information content (AvgIpc) is 2.32. The fraction of sp³-hybridized carbons (Fsp3) is 0.333. The summed E-state index contributed by atoms with van der Waals surface area (Å²) in [4.78, 5) is 22.6. The number of halogens is 2. The van der Waals surface area contributed by atoms with Crippen LogP contribution in [0.15, 0.2) is 18.2 Å². The van der Waals surface area contributed by atoms with Gasteiger partial charge in [-0.2, -0.15) is 0 Å². The third-order valence-electron chi connectivity index (χ3n) is 2.28. The number of rotatable bonds is 4. The highest BCUT2D eigenvalue weighted by molar-refractivity contribution is 5.85. The van der Waals surface area contributed by atoms with E-state index in [0.717, 1.165) is 12.1 Å². The van der Waals surface area contributed by atoms with Crippen LogP contribution in [-0.2, 0) is 20.7 Å². The normalized spacial score (nSPS) is 11.8. The van der Waals surface area contributed by atoms with Crippen molar-refractivity contribution in [3.05, 3.63) is 35.4 Å². The van der Waals surface area contributed by atoms with Crippen LogP contribution in [0.3, 0.4) is 0 Å². The first-order valence-electron chi connectivity index (χ1n) is 5.25. The Kier molecular flexibility index (Phi) is 4.76. The summed E-state index contributed by atoms with van der Waals surface area (Å²) in [5, 5.41) is 2.38. The Bertz CT molecular complexity index is 463. The highest BCUT2D eigenvalue weighted by atomic mass is 19.2. The molecule has 1 amide bonds. The lowest BCUT2D eigenvalue weighted by Gasteiger charge is -2.11. The maximum absolute atomic E-state index is 12.9. The van der Waals surface area contributed by atoms with E-state index in [-0.39, 0.29) is 6.42 Å². The van der Waals surface area contributed by atoms with E-state index >= 15 is 0 Å². The van der Waals surface area contributed by atoms with Gasteiger partial charge < -0.3 is 10.1 Å². The minimum absolute atomic E-state index is 0.140. The molecular weight excluding hydrogens is 244 g/mol. The van der Waals surface area contributed by atoms with Crippen LogP contribution >= 0.6 is 0 Å². The molecule has 0 aromatic heterocycles. The van der Waals surface area contributed by atoms with Crippen LogP contribution < -0.4 is 5.32 Å². The number of amides is 1. The van der Waals surface area contributed by atoms with Gasteiger partial charge >= 0.3 is 5.97 Å². The van der Waals surface area contributed by atoms with Crippen molar-refractivity contribution in [3.8, 4) is 0 Å². The maximum atomic E-state index is 12.9. The number of carbonyl (C=O) groups is 2. The second-order valence-electron chi connectivity index (χ2n) is 3.74. The zero-order chi connectivity index (χ0) is 13.7. The van der Waals surface area contributed by atoms with Gasteiger partial charge in [-0.25, -0.2) is 13.6 Å². The number of methoxy groups -OCH3 is 1. The molecule has 98 valence electrons. The van der Waals surface area contributed by atoms with Crippen molar-refractivity contribution in [2.24, 2.45) is 0 Å². The number of hydrogen-bond donors (Lipinski definition) is 1. The molecule has 6 heteroatoms. The molecular formula is C12H13F2NO3. The molecule has 0 spiro atoms. The molecule has 1 atom stereocenters. The van der Waals surface area contributed by atoms with Crippen molar-refractivity contribution in [3.63, 3.8) is 0 Å². The van der Waals surface area contributed by atoms with E-state index < -0.39 is 29.6 Å². The van der Waals surface area contributed by atoms with Crippen LogP contribution in [0.4, 0.5) is 8.78 Å². The van der Waals surface area contributed by atoms with E-state index in [1.165, 1.54) is 20.1 Å². The number of hydrogen-bond acceptors (Lipinski definition) is 3. The monoisotopic (exact) mass is 257 g/mol. The van der Waals surface area contributed by atoms with Gasteiger partial charge in [0, 0.05) is 0 Å². The molecule has 0 saturated heterocycles. The lowest BCUT2D eigenvalue weighted by molar-refractivity contribution is -0.144. The van der Waals surface area contributed by atoms with Gasteiger partial charge in [0.2, 0.25) is 5.91 Å². The summed E-state index contributed by atoms with van der Waals surface area (Å²) in [6.07, 6.45) is -0.140. The molecule has 18 heavy (non-hydrogen) atoms. The van der Waals surface area contributed by atoms with Gasteiger partial charge in [-0.3, -0.25) is 4.79 Å². The Balaban J connectivity index is 2.59. The standard InChI is InChI=1S/C12H13F2NO3/c1-7(12(17)18-2)15-11(16)6-8-3-4-9(13)10(14)5-8/h3-5,7H,6H2,1-2H3,(H,15,16). The number of ether oxygens (including phenoxy) is 1. The van der Waals surface area contributed by atoms with Crippen LogP contribution in [0, 0.1) is 11.6 Å². The largest absolute Gasteiger partial charge is 0.467 e. The smallest absolute Gasteiger partial charge is 0.328 e. The van der Waals surface area contributed by atoms with Crippen molar-refractivity contribution < 1.29 is 23.1 Å². The predicted octanol–water partition coefficient (Wildman–Crippen LogP) is 1.18.